The normalized spacial score (nSPS) is 10.9. The molecule has 0 aliphatic carbocycles. The van der Waals surface area contributed by atoms with E-state index in [9.17, 15) is 9.90 Å². The van der Waals surface area contributed by atoms with Gasteiger partial charge in [-0.25, -0.2) is 5.43 Å². The molecule has 144 valence electrons. The second-order valence-electron chi connectivity index (χ2n) is 6.16. The third-order valence-electron chi connectivity index (χ3n) is 4.01. The molecular weight excluding hydrogens is 356 g/mol. The Labute approximate surface area is 163 Å². The molecule has 3 N–H and O–H groups in total. The van der Waals surface area contributed by atoms with Gasteiger partial charge in [0.15, 0.2) is 0 Å². The average molecular weight is 378 g/mol. The number of hydrogen-bond acceptors (Lipinski definition) is 5. The van der Waals surface area contributed by atoms with Crippen LogP contribution < -0.4 is 10.2 Å². The highest BCUT2D eigenvalue weighted by Crippen LogP contribution is 2.28. The molecule has 7 nitrogen and oxygen atoms in total. The average Bonchev–Trinajstić information content (AvgIpc) is 3.20. The fourth-order valence-corrected chi connectivity index (χ4v) is 2.49. The fourth-order valence-electron chi connectivity index (χ4n) is 2.49. The van der Waals surface area contributed by atoms with E-state index in [-0.39, 0.29) is 5.75 Å². The number of unbranched alkanes of at least 4 members (excludes halogenated alkanes) is 1. The van der Waals surface area contributed by atoms with E-state index in [1.165, 1.54) is 6.21 Å². The number of rotatable bonds is 8. The number of phenolic OH excluding ortho intramolecular Hbond substituents is 1. The van der Waals surface area contributed by atoms with Crippen molar-refractivity contribution in [1.29, 1.82) is 0 Å². The highest BCUT2D eigenvalue weighted by atomic mass is 16.5. The van der Waals surface area contributed by atoms with Gasteiger partial charge in [0.1, 0.15) is 17.2 Å². The van der Waals surface area contributed by atoms with Crippen LogP contribution in [0.4, 0.5) is 0 Å². The van der Waals surface area contributed by atoms with Gasteiger partial charge in [0.05, 0.1) is 18.5 Å². The number of phenols is 1. The van der Waals surface area contributed by atoms with Gasteiger partial charge in [0, 0.05) is 5.56 Å². The lowest BCUT2D eigenvalue weighted by Gasteiger charge is -2.09. The van der Waals surface area contributed by atoms with Crippen molar-refractivity contribution in [3.8, 4) is 22.8 Å². The Morgan fingerprint density at radius 2 is 2.04 bits per heavy atom. The fraction of sp³-hybridized carbons (Fsp3) is 0.190. The van der Waals surface area contributed by atoms with Crippen LogP contribution in [0, 0.1) is 0 Å². The number of nitrogens with zero attached hydrogens (tertiary/aromatic N) is 2. The summed E-state index contributed by atoms with van der Waals surface area (Å²) in [4.78, 5) is 12.3. The van der Waals surface area contributed by atoms with Gasteiger partial charge in [-0.05, 0) is 54.4 Å². The minimum atomic E-state index is -0.404. The number of carbonyl (C=O) groups excluding carboxylic acids is 1. The first kappa shape index (κ1) is 19.2. The van der Waals surface area contributed by atoms with Crippen LogP contribution in [0.3, 0.4) is 0 Å². The van der Waals surface area contributed by atoms with E-state index in [1.807, 2.05) is 24.3 Å². The van der Waals surface area contributed by atoms with Crippen LogP contribution in [0.1, 0.15) is 35.8 Å². The van der Waals surface area contributed by atoms with Gasteiger partial charge in [-0.1, -0.05) is 25.5 Å². The summed E-state index contributed by atoms with van der Waals surface area (Å²) in [5, 5.41) is 20.1. The number of carbonyl (C=O) groups is 1. The van der Waals surface area contributed by atoms with E-state index < -0.39 is 5.91 Å². The Balaban J connectivity index is 1.66. The van der Waals surface area contributed by atoms with E-state index in [4.69, 9.17) is 4.74 Å². The lowest BCUT2D eigenvalue weighted by Crippen LogP contribution is -2.17. The molecule has 0 radical (unpaired) electrons. The largest absolute Gasteiger partial charge is 0.508 e. The summed E-state index contributed by atoms with van der Waals surface area (Å²) < 4.78 is 5.83. The second-order valence-corrected chi connectivity index (χ2v) is 6.16. The molecule has 2 aromatic carbocycles. The number of hydrogen-bond donors (Lipinski definition) is 3. The van der Waals surface area contributed by atoms with Crippen LogP contribution in [-0.2, 0) is 0 Å². The molecule has 0 saturated carbocycles. The number of amides is 1. The van der Waals surface area contributed by atoms with E-state index in [1.54, 1.807) is 30.3 Å². The molecule has 1 amide bonds. The predicted molar refractivity (Wildman–Crippen MR) is 108 cm³/mol. The molecule has 0 fully saturated rings. The number of aromatic amines is 1. The lowest BCUT2D eigenvalue weighted by atomic mass is 10.1. The van der Waals surface area contributed by atoms with Crippen molar-refractivity contribution >= 4 is 12.1 Å². The number of nitrogens with one attached hydrogen (secondary N) is 2. The first-order valence-electron chi connectivity index (χ1n) is 9.07. The SMILES string of the molecule is CCCCOc1ccccc1-c1cc(C(=O)N/N=C/c2ccc(O)cc2)[nH]n1. The summed E-state index contributed by atoms with van der Waals surface area (Å²) in [6.45, 7) is 2.75. The van der Waals surface area contributed by atoms with Gasteiger partial charge in [-0.15, -0.1) is 0 Å². The number of para-hydroxylation sites is 1. The zero-order valence-electron chi connectivity index (χ0n) is 15.6. The van der Waals surface area contributed by atoms with Crippen LogP contribution in [0.5, 0.6) is 11.5 Å². The Morgan fingerprint density at radius 3 is 2.82 bits per heavy atom. The van der Waals surface area contributed by atoms with Gasteiger partial charge in [0.25, 0.3) is 5.91 Å². The molecule has 0 saturated heterocycles. The molecule has 3 aromatic rings. The van der Waals surface area contributed by atoms with E-state index in [0.717, 1.165) is 29.7 Å². The first-order valence-corrected chi connectivity index (χ1v) is 9.07. The molecule has 7 heteroatoms. The van der Waals surface area contributed by atoms with Crippen LogP contribution in [-0.4, -0.2) is 34.0 Å². The molecular formula is C21H22N4O3. The van der Waals surface area contributed by atoms with Gasteiger partial charge >= 0.3 is 0 Å². The van der Waals surface area contributed by atoms with E-state index in [2.05, 4.69) is 27.6 Å². The Bertz CT molecular complexity index is 948. The van der Waals surface area contributed by atoms with Crippen molar-refractivity contribution in [2.75, 3.05) is 6.61 Å². The van der Waals surface area contributed by atoms with E-state index in [0.29, 0.717) is 18.0 Å². The Hall–Kier alpha value is -3.61. The van der Waals surface area contributed by atoms with E-state index >= 15 is 0 Å². The quantitative estimate of drug-likeness (QED) is 0.316. The highest BCUT2D eigenvalue weighted by molar-refractivity contribution is 5.94. The predicted octanol–water partition coefficient (Wildman–Crippen LogP) is 3.73. The third-order valence-corrected chi connectivity index (χ3v) is 4.01. The number of aromatic nitrogens is 2. The molecule has 3 rings (SSSR count). The summed E-state index contributed by atoms with van der Waals surface area (Å²) in [5.74, 6) is 0.503. The summed E-state index contributed by atoms with van der Waals surface area (Å²) in [5.41, 5.74) is 4.94. The number of aromatic hydroxyl groups is 1. The van der Waals surface area contributed by atoms with Crippen LogP contribution in [0.25, 0.3) is 11.3 Å². The molecule has 0 aliphatic rings. The molecule has 0 bridgehead atoms. The van der Waals surface area contributed by atoms with Crippen LogP contribution in [0.2, 0.25) is 0 Å². The minimum absolute atomic E-state index is 0.171. The summed E-state index contributed by atoms with van der Waals surface area (Å²) in [6, 6.07) is 15.7. The molecule has 0 aliphatic heterocycles. The molecule has 1 heterocycles. The van der Waals surface area contributed by atoms with Gasteiger partial charge in [0.2, 0.25) is 0 Å². The number of H-pyrrole nitrogens is 1. The smallest absolute Gasteiger partial charge is 0.289 e. The van der Waals surface area contributed by atoms with Crippen LogP contribution in [0.15, 0.2) is 59.7 Å². The number of benzene rings is 2. The monoisotopic (exact) mass is 378 g/mol. The molecule has 1 aromatic heterocycles. The van der Waals surface area contributed by atoms with Crippen molar-refractivity contribution in [3.63, 3.8) is 0 Å². The van der Waals surface area contributed by atoms with Crippen molar-refractivity contribution < 1.29 is 14.6 Å². The van der Waals surface area contributed by atoms with Crippen molar-refractivity contribution in [1.82, 2.24) is 15.6 Å². The molecule has 0 atom stereocenters. The minimum Gasteiger partial charge on any atom is -0.508 e. The number of hydrazone groups is 1. The highest BCUT2D eigenvalue weighted by Gasteiger charge is 2.13. The summed E-state index contributed by atoms with van der Waals surface area (Å²) >= 11 is 0. The maximum Gasteiger partial charge on any atom is 0.289 e. The third kappa shape index (κ3) is 4.97. The second kappa shape index (κ2) is 9.36. The maximum atomic E-state index is 12.3. The molecule has 28 heavy (non-hydrogen) atoms. The van der Waals surface area contributed by atoms with Gasteiger partial charge in [-0.3, -0.25) is 9.89 Å². The number of ether oxygens (including phenoxy) is 1. The Morgan fingerprint density at radius 1 is 1.25 bits per heavy atom. The zero-order chi connectivity index (χ0) is 19.8. The lowest BCUT2D eigenvalue weighted by molar-refractivity contribution is 0.0950. The van der Waals surface area contributed by atoms with Gasteiger partial charge in [-0.2, -0.15) is 10.2 Å². The summed E-state index contributed by atoms with van der Waals surface area (Å²) in [7, 11) is 0. The van der Waals surface area contributed by atoms with Crippen molar-refractivity contribution in [2.45, 2.75) is 19.8 Å². The Kier molecular flexibility index (Phi) is 6.41. The topological polar surface area (TPSA) is 99.6 Å². The maximum absolute atomic E-state index is 12.3. The summed E-state index contributed by atoms with van der Waals surface area (Å²) in [6.07, 6.45) is 3.52. The van der Waals surface area contributed by atoms with Crippen molar-refractivity contribution in [2.24, 2.45) is 5.10 Å². The first-order chi connectivity index (χ1) is 13.7. The standard InChI is InChI=1S/C21H22N4O3/c1-2-3-12-28-20-7-5-4-6-17(20)18-13-19(24-23-18)21(27)25-22-14-15-8-10-16(26)11-9-15/h4-11,13-14,26H,2-3,12H2,1H3,(H,23,24)(H,25,27)/b22-14+. The zero-order valence-corrected chi connectivity index (χ0v) is 15.6. The van der Waals surface area contributed by atoms with Crippen molar-refractivity contribution in [3.05, 3.63) is 65.9 Å². The molecule has 0 spiro atoms. The molecule has 0 unspecified atom stereocenters. The van der Waals surface area contributed by atoms with Gasteiger partial charge < -0.3 is 9.84 Å². The van der Waals surface area contributed by atoms with Crippen LogP contribution >= 0.6 is 0 Å².